The predicted octanol–water partition coefficient (Wildman–Crippen LogP) is 4.52. The van der Waals surface area contributed by atoms with Crippen LogP contribution in [-0.2, 0) is 9.59 Å². The number of halogens is 1. The van der Waals surface area contributed by atoms with Crippen molar-refractivity contribution in [3.05, 3.63) is 87.9 Å². The number of amides is 1. The molecule has 0 saturated carbocycles. The van der Waals surface area contributed by atoms with E-state index in [4.69, 9.17) is 4.74 Å². The van der Waals surface area contributed by atoms with Crippen LogP contribution in [0.5, 0.6) is 5.75 Å². The molecule has 7 heteroatoms. The number of hydrogen-bond donors (Lipinski definition) is 1. The van der Waals surface area contributed by atoms with E-state index in [0.717, 1.165) is 0 Å². The Bertz CT molecular complexity index is 1090. The Morgan fingerprint density at radius 2 is 1.76 bits per heavy atom. The zero-order valence-electron chi connectivity index (χ0n) is 15.3. The SMILES string of the molecule is COc1ccc(/C(O)=C2/C(=O)C(=O)N(c3ccc(F)cc3)C2c2cccs2)cc1. The van der Waals surface area contributed by atoms with Gasteiger partial charge in [-0.05, 0) is 60.0 Å². The number of ether oxygens (including phenoxy) is 1. The maximum absolute atomic E-state index is 13.4. The summed E-state index contributed by atoms with van der Waals surface area (Å²) in [4.78, 5) is 27.8. The lowest BCUT2D eigenvalue weighted by Gasteiger charge is -2.24. The third kappa shape index (κ3) is 3.30. The van der Waals surface area contributed by atoms with E-state index in [0.29, 0.717) is 21.9 Å². The molecule has 1 aromatic heterocycles. The fraction of sp³-hybridized carbons (Fsp3) is 0.0909. The average Bonchev–Trinajstić information content (AvgIpc) is 3.36. The number of ketones is 1. The number of carbonyl (C=O) groups is 2. The van der Waals surface area contributed by atoms with Gasteiger partial charge in [-0.3, -0.25) is 14.5 Å². The van der Waals surface area contributed by atoms with Crippen molar-refractivity contribution in [3.63, 3.8) is 0 Å². The summed E-state index contributed by atoms with van der Waals surface area (Å²) >= 11 is 1.36. The summed E-state index contributed by atoms with van der Waals surface area (Å²) in [6.07, 6.45) is 0. The molecule has 0 bridgehead atoms. The number of rotatable bonds is 4. The van der Waals surface area contributed by atoms with Crippen LogP contribution in [0.25, 0.3) is 5.76 Å². The number of anilines is 1. The first-order valence-corrected chi connectivity index (χ1v) is 9.63. The van der Waals surface area contributed by atoms with E-state index < -0.39 is 23.5 Å². The lowest BCUT2D eigenvalue weighted by molar-refractivity contribution is -0.132. The number of carbonyl (C=O) groups excluding carboxylic acids is 2. The molecule has 2 heterocycles. The number of methoxy groups -OCH3 is 1. The molecule has 0 radical (unpaired) electrons. The first-order chi connectivity index (χ1) is 14.0. The first-order valence-electron chi connectivity index (χ1n) is 8.75. The zero-order chi connectivity index (χ0) is 20.5. The second-order valence-electron chi connectivity index (χ2n) is 6.39. The summed E-state index contributed by atoms with van der Waals surface area (Å²) in [5.74, 6) is -1.68. The fourth-order valence-electron chi connectivity index (χ4n) is 3.32. The van der Waals surface area contributed by atoms with Crippen LogP contribution in [0.15, 0.2) is 71.6 Å². The van der Waals surface area contributed by atoms with Gasteiger partial charge < -0.3 is 9.84 Å². The van der Waals surface area contributed by atoms with Gasteiger partial charge in [0.2, 0.25) is 0 Å². The molecule has 1 atom stereocenters. The molecule has 1 N–H and O–H groups in total. The van der Waals surface area contributed by atoms with Gasteiger partial charge >= 0.3 is 0 Å². The zero-order valence-corrected chi connectivity index (χ0v) is 16.2. The van der Waals surface area contributed by atoms with Crippen LogP contribution >= 0.6 is 11.3 Å². The largest absolute Gasteiger partial charge is 0.507 e. The van der Waals surface area contributed by atoms with Crippen LogP contribution in [0.2, 0.25) is 0 Å². The molecule has 1 unspecified atom stereocenters. The molecule has 1 amide bonds. The Labute approximate surface area is 170 Å². The van der Waals surface area contributed by atoms with Gasteiger partial charge in [0.1, 0.15) is 23.4 Å². The molecule has 1 fully saturated rings. The van der Waals surface area contributed by atoms with E-state index in [9.17, 15) is 19.1 Å². The van der Waals surface area contributed by atoms with E-state index >= 15 is 0 Å². The van der Waals surface area contributed by atoms with Crippen LogP contribution in [0, 0.1) is 5.82 Å². The van der Waals surface area contributed by atoms with Crippen molar-refractivity contribution >= 4 is 34.5 Å². The molecule has 1 saturated heterocycles. The van der Waals surface area contributed by atoms with E-state index in [2.05, 4.69) is 0 Å². The van der Waals surface area contributed by atoms with Crippen molar-refractivity contribution in [1.29, 1.82) is 0 Å². The molecule has 0 aliphatic carbocycles. The summed E-state index contributed by atoms with van der Waals surface area (Å²) in [6.45, 7) is 0. The molecule has 1 aliphatic rings. The van der Waals surface area contributed by atoms with Crippen LogP contribution in [0.4, 0.5) is 10.1 Å². The first kappa shape index (κ1) is 18.9. The summed E-state index contributed by atoms with van der Waals surface area (Å²) in [6, 6.07) is 14.7. The maximum atomic E-state index is 13.4. The van der Waals surface area contributed by atoms with E-state index in [1.165, 1.54) is 47.6 Å². The quantitative estimate of drug-likeness (QED) is 0.391. The van der Waals surface area contributed by atoms with Crippen molar-refractivity contribution < 1.29 is 23.8 Å². The predicted molar refractivity (Wildman–Crippen MR) is 108 cm³/mol. The van der Waals surface area contributed by atoms with Crippen molar-refractivity contribution in [1.82, 2.24) is 0 Å². The topological polar surface area (TPSA) is 66.8 Å². The number of aliphatic hydroxyl groups excluding tert-OH is 1. The molecule has 3 aromatic rings. The molecular weight excluding hydrogens is 393 g/mol. The summed E-state index contributed by atoms with van der Waals surface area (Å²) in [7, 11) is 1.53. The van der Waals surface area contributed by atoms with E-state index in [1.807, 2.05) is 5.38 Å². The van der Waals surface area contributed by atoms with Gasteiger partial charge in [-0.15, -0.1) is 11.3 Å². The molecule has 5 nitrogen and oxygen atoms in total. The third-order valence-corrected chi connectivity index (χ3v) is 5.65. The lowest BCUT2D eigenvalue weighted by Crippen LogP contribution is -2.29. The van der Waals surface area contributed by atoms with Crippen LogP contribution in [0.3, 0.4) is 0 Å². The smallest absolute Gasteiger partial charge is 0.300 e. The highest BCUT2D eigenvalue weighted by Gasteiger charge is 2.47. The highest BCUT2D eigenvalue weighted by atomic mass is 32.1. The second-order valence-corrected chi connectivity index (χ2v) is 7.37. The van der Waals surface area contributed by atoms with Gasteiger partial charge in [0.25, 0.3) is 11.7 Å². The van der Waals surface area contributed by atoms with Crippen molar-refractivity contribution in [2.24, 2.45) is 0 Å². The molecule has 146 valence electrons. The number of nitrogens with zero attached hydrogens (tertiary/aromatic N) is 1. The Morgan fingerprint density at radius 1 is 1.07 bits per heavy atom. The molecular formula is C22H16FNO4S. The van der Waals surface area contributed by atoms with Gasteiger partial charge in [0, 0.05) is 16.1 Å². The minimum Gasteiger partial charge on any atom is -0.507 e. The monoisotopic (exact) mass is 409 g/mol. The summed E-state index contributed by atoms with van der Waals surface area (Å²) in [5.41, 5.74) is 0.761. The highest BCUT2D eigenvalue weighted by molar-refractivity contribution is 7.10. The van der Waals surface area contributed by atoms with E-state index in [1.54, 1.807) is 36.4 Å². The molecule has 29 heavy (non-hydrogen) atoms. The van der Waals surface area contributed by atoms with Crippen LogP contribution in [-0.4, -0.2) is 23.9 Å². The standard InChI is InChI=1S/C22H16FNO4S/c1-28-16-10-4-13(5-11-16)20(25)18-19(17-3-2-12-29-17)24(22(27)21(18)26)15-8-6-14(23)7-9-15/h2-12,19,25H,1H3/b20-18-. The number of thiophene rings is 1. The molecule has 0 spiro atoms. The van der Waals surface area contributed by atoms with Gasteiger partial charge in [-0.2, -0.15) is 0 Å². The average molecular weight is 409 g/mol. The molecule has 2 aromatic carbocycles. The molecule has 4 rings (SSSR count). The summed E-state index contributed by atoms with van der Waals surface area (Å²) < 4.78 is 18.5. The van der Waals surface area contributed by atoms with Crippen LogP contribution < -0.4 is 9.64 Å². The van der Waals surface area contributed by atoms with E-state index in [-0.39, 0.29) is 11.3 Å². The Kier molecular flexibility index (Phi) is 4.90. The second kappa shape index (κ2) is 7.52. The van der Waals surface area contributed by atoms with Crippen molar-refractivity contribution in [2.75, 3.05) is 12.0 Å². The number of aliphatic hydroxyl groups is 1. The Balaban J connectivity index is 1.88. The van der Waals surface area contributed by atoms with Gasteiger partial charge in [0.15, 0.2) is 0 Å². The normalized spacial score (nSPS) is 18.3. The van der Waals surface area contributed by atoms with Gasteiger partial charge in [-0.25, -0.2) is 4.39 Å². The van der Waals surface area contributed by atoms with Crippen molar-refractivity contribution in [3.8, 4) is 5.75 Å². The van der Waals surface area contributed by atoms with Crippen molar-refractivity contribution in [2.45, 2.75) is 6.04 Å². The third-order valence-electron chi connectivity index (χ3n) is 4.73. The number of Topliss-reactive ketones (excluding diaryl/α,β-unsaturated/α-hetero) is 1. The Hall–Kier alpha value is -3.45. The van der Waals surface area contributed by atoms with Gasteiger partial charge in [0.05, 0.1) is 12.7 Å². The van der Waals surface area contributed by atoms with Crippen LogP contribution in [0.1, 0.15) is 16.5 Å². The minimum atomic E-state index is -0.803. The Morgan fingerprint density at radius 3 is 2.34 bits per heavy atom. The number of benzene rings is 2. The maximum Gasteiger partial charge on any atom is 0.300 e. The van der Waals surface area contributed by atoms with Gasteiger partial charge in [-0.1, -0.05) is 6.07 Å². The minimum absolute atomic E-state index is 0.00746. The summed E-state index contributed by atoms with van der Waals surface area (Å²) in [5, 5.41) is 12.8. The number of hydrogen-bond acceptors (Lipinski definition) is 5. The lowest BCUT2D eigenvalue weighted by atomic mass is 9.99. The highest BCUT2D eigenvalue weighted by Crippen LogP contribution is 2.43. The molecule has 1 aliphatic heterocycles. The fourth-order valence-corrected chi connectivity index (χ4v) is 4.14.